The second kappa shape index (κ2) is 6.64. The van der Waals surface area contributed by atoms with Crippen molar-refractivity contribution in [1.82, 2.24) is 10.3 Å². The highest BCUT2D eigenvalue weighted by Crippen LogP contribution is 2.36. The molecule has 2 aromatic carbocycles. The monoisotopic (exact) mass is 375 g/mol. The highest BCUT2D eigenvalue weighted by atomic mass is 19.1. The Bertz CT molecular complexity index is 1030. The van der Waals surface area contributed by atoms with Gasteiger partial charge in [0.25, 0.3) is 5.91 Å². The van der Waals surface area contributed by atoms with Gasteiger partial charge in [-0.25, -0.2) is 4.39 Å². The van der Waals surface area contributed by atoms with Crippen molar-refractivity contribution in [2.45, 2.75) is 12.6 Å². The molecule has 0 radical (unpaired) electrons. The van der Waals surface area contributed by atoms with Gasteiger partial charge in [0.2, 0.25) is 0 Å². The smallest absolute Gasteiger partial charge is 0.251 e. The maximum absolute atomic E-state index is 13.4. The van der Waals surface area contributed by atoms with E-state index in [4.69, 9.17) is 4.74 Å². The molecule has 1 N–H and O–H groups in total. The first-order valence-electron chi connectivity index (χ1n) is 9.20. The van der Waals surface area contributed by atoms with Crippen LogP contribution in [-0.4, -0.2) is 30.1 Å². The van der Waals surface area contributed by atoms with Gasteiger partial charge >= 0.3 is 0 Å². The molecule has 1 saturated heterocycles. The van der Waals surface area contributed by atoms with Crippen LogP contribution in [0.5, 0.6) is 5.75 Å². The molecule has 3 heterocycles. The van der Waals surface area contributed by atoms with Gasteiger partial charge in [-0.3, -0.25) is 9.78 Å². The Labute approximate surface area is 161 Å². The maximum Gasteiger partial charge on any atom is 0.251 e. The Hall–Kier alpha value is -3.41. The zero-order chi connectivity index (χ0) is 19.1. The van der Waals surface area contributed by atoms with Crippen molar-refractivity contribution >= 4 is 11.6 Å². The lowest BCUT2D eigenvalue weighted by Gasteiger charge is -2.41. The van der Waals surface area contributed by atoms with E-state index in [2.05, 4.69) is 15.2 Å². The summed E-state index contributed by atoms with van der Waals surface area (Å²) in [7, 11) is 0. The summed E-state index contributed by atoms with van der Waals surface area (Å²) in [6, 6.07) is 14.0. The average Bonchev–Trinajstić information content (AvgIpc) is 3.05. The zero-order valence-corrected chi connectivity index (χ0v) is 15.1. The molecule has 2 aliphatic heterocycles. The Kier molecular flexibility index (Phi) is 3.97. The van der Waals surface area contributed by atoms with Crippen molar-refractivity contribution < 1.29 is 13.9 Å². The number of anilines is 1. The molecule has 0 aliphatic carbocycles. The van der Waals surface area contributed by atoms with Crippen LogP contribution in [0.1, 0.15) is 15.9 Å². The average molecular weight is 375 g/mol. The van der Waals surface area contributed by atoms with E-state index in [9.17, 15) is 9.18 Å². The molecule has 140 valence electrons. The number of amides is 1. The van der Waals surface area contributed by atoms with Gasteiger partial charge in [0, 0.05) is 35.8 Å². The van der Waals surface area contributed by atoms with Gasteiger partial charge in [-0.05, 0) is 47.5 Å². The van der Waals surface area contributed by atoms with Crippen LogP contribution in [0.2, 0.25) is 0 Å². The molecule has 1 fully saturated rings. The molecule has 6 heteroatoms. The van der Waals surface area contributed by atoms with Gasteiger partial charge in [-0.1, -0.05) is 12.1 Å². The van der Waals surface area contributed by atoms with Crippen LogP contribution < -0.4 is 15.0 Å². The lowest BCUT2D eigenvalue weighted by Crippen LogP contribution is -2.54. The van der Waals surface area contributed by atoms with E-state index in [0.717, 1.165) is 41.2 Å². The molecular formula is C22H18FN3O2. The van der Waals surface area contributed by atoms with Crippen molar-refractivity contribution in [2.24, 2.45) is 0 Å². The molecular weight excluding hydrogens is 357 g/mol. The van der Waals surface area contributed by atoms with Crippen molar-refractivity contribution in [3.8, 4) is 16.9 Å². The SMILES string of the molecule is O=C1NCc2cc(OC3CN(c4ccncc4)C3)c(-c3ccc(F)cc3)cc21. The number of carbonyl (C=O) groups is 1. The van der Waals surface area contributed by atoms with Crippen LogP contribution in [0.15, 0.2) is 60.9 Å². The van der Waals surface area contributed by atoms with Crippen molar-refractivity contribution in [3.63, 3.8) is 0 Å². The normalized spacial score (nSPS) is 15.8. The number of hydrogen-bond acceptors (Lipinski definition) is 4. The van der Waals surface area contributed by atoms with Crippen LogP contribution in [0.25, 0.3) is 11.1 Å². The Morgan fingerprint density at radius 2 is 1.79 bits per heavy atom. The number of aromatic nitrogens is 1. The van der Waals surface area contributed by atoms with Crippen LogP contribution >= 0.6 is 0 Å². The Morgan fingerprint density at radius 1 is 1.04 bits per heavy atom. The first kappa shape index (κ1) is 16.7. The van der Waals surface area contributed by atoms with Crippen LogP contribution in [0.3, 0.4) is 0 Å². The van der Waals surface area contributed by atoms with E-state index in [1.807, 2.05) is 24.3 Å². The zero-order valence-electron chi connectivity index (χ0n) is 15.1. The van der Waals surface area contributed by atoms with Gasteiger partial charge in [0.05, 0.1) is 13.1 Å². The largest absolute Gasteiger partial charge is 0.486 e. The second-order valence-corrected chi connectivity index (χ2v) is 7.05. The first-order chi connectivity index (χ1) is 13.7. The van der Waals surface area contributed by atoms with Crippen molar-refractivity contribution in [1.29, 1.82) is 0 Å². The first-order valence-corrected chi connectivity index (χ1v) is 9.20. The van der Waals surface area contributed by atoms with Crippen molar-refractivity contribution in [2.75, 3.05) is 18.0 Å². The number of fused-ring (bicyclic) bond motifs is 1. The number of carbonyl (C=O) groups excluding carboxylic acids is 1. The summed E-state index contributed by atoms with van der Waals surface area (Å²) in [6.45, 7) is 2.06. The summed E-state index contributed by atoms with van der Waals surface area (Å²) >= 11 is 0. The number of nitrogens with zero attached hydrogens (tertiary/aromatic N) is 2. The third kappa shape index (κ3) is 2.97. The summed E-state index contributed by atoms with van der Waals surface area (Å²) in [5.41, 5.74) is 4.33. The number of benzene rings is 2. The fourth-order valence-corrected chi connectivity index (χ4v) is 3.66. The van der Waals surface area contributed by atoms with E-state index in [0.29, 0.717) is 12.1 Å². The molecule has 5 nitrogen and oxygen atoms in total. The fraction of sp³-hybridized carbons (Fsp3) is 0.182. The molecule has 0 unspecified atom stereocenters. The summed E-state index contributed by atoms with van der Waals surface area (Å²) in [6.07, 6.45) is 3.61. The Balaban J connectivity index is 1.42. The number of pyridine rings is 1. The number of halogens is 1. The number of ether oxygens (including phenoxy) is 1. The molecule has 0 spiro atoms. The third-order valence-corrected chi connectivity index (χ3v) is 5.21. The summed E-state index contributed by atoms with van der Waals surface area (Å²) < 4.78 is 19.6. The maximum atomic E-state index is 13.4. The summed E-state index contributed by atoms with van der Waals surface area (Å²) in [5.74, 6) is 0.343. The predicted molar refractivity (Wildman–Crippen MR) is 104 cm³/mol. The predicted octanol–water partition coefficient (Wildman–Crippen LogP) is 3.40. The molecule has 0 saturated carbocycles. The fourth-order valence-electron chi connectivity index (χ4n) is 3.66. The molecule has 5 rings (SSSR count). The number of nitrogens with one attached hydrogen (secondary N) is 1. The van der Waals surface area contributed by atoms with Crippen molar-refractivity contribution in [3.05, 3.63) is 77.9 Å². The molecule has 0 atom stereocenters. The van der Waals surface area contributed by atoms with Crippen LogP contribution in [-0.2, 0) is 6.54 Å². The van der Waals surface area contributed by atoms with Gasteiger partial charge in [0.1, 0.15) is 17.7 Å². The Morgan fingerprint density at radius 3 is 2.54 bits per heavy atom. The van der Waals surface area contributed by atoms with E-state index >= 15 is 0 Å². The van der Waals surface area contributed by atoms with Crippen LogP contribution in [0.4, 0.5) is 10.1 Å². The van der Waals surface area contributed by atoms with Gasteiger partial charge in [-0.15, -0.1) is 0 Å². The molecule has 3 aromatic rings. The van der Waals surface area contributed by atoms with E-state index in [-0.39, 0.29) is 17.8 Å². The molecule has 1 aromatic heterocycles. The molecule has 28 heavy (non-hydrogen) atoms. The van der Waals surface area contributed by atoms with E-state index < -0.39 is 0 Å². The third-order valence-electron chi connectivity index (χ3n) is 5.21. The lowest BCUT2D eigenvalue weighted by molar-refractivity contribution is 0.0966. The minimum atomic E-state index is -0.294. The van der Waals surface area contributed by atoms with Crippen LogP contribution in [0, 0.1) is 5.82 Å². The standard InChI is InChI=1S/C22H18FN3O2/c23-16-3-1-14(2-4-16)19-10-20-15(11-25-22(20)27)9-21(19)28-18-12-26(13-18)17-5-7-24-8-6-17/h1-10,18H,11-13H2,(H,25,27). The molecule has 2 aliphatic rings. The number of rotatable bonds is 4. The quantitative estimate of drug-likeness (QED) is 0.759. The van der Waals surface area contributed by atoms with Gasteiger partial charge < -0.3 is 15.0 Å². The summed E-state index contributed by atoms with van der Waals surface area (Å²) in [4.78, 5) is 18.4. The minimum Gasteiger partial charge on any atom is -0.486 e. The lowest BCUT2D eigenvalue weighted by atomic mass is 9.98. The van der Waals surface area contributed by atoms with Gasteiger partial charge in [0.15, 0.2) is 0 Å². The highest BCUT2D eigenvalue weighted by Gasteiger charge is 2.30. The highest BCUT2D eigenvalue weighted by molar-refractivity contribution is 6.00. The minimum absolute atomic E-state index is 0.0514. The number of hydrogen-bond donors (Lipinski definition) is 1. The summed E-state index contributed by atoms with van der Waals surface area (Å²) in [5, 5.41) is 2.84. The topological polar surface area (TPSA) is 54.5 Å². The van der Waals surface area contributed by atoms with Gasteiger partial charge in [-0.2, -0.15) is 0 Å². The molecule has 0 bridgehead atoms. The second-order valence-electron chi connectivity index (χ2n) is 7.05. The van der Waals surface area contributed by atoms with E-state index in [1.54, 1.807) is 24.5 Å². The molecule has 1 amide bonds. The van der Waals surface area contributed by atoms with E-state index in [1.165, 1.54) is 12.1 Å².